The first-order valence-corrected chi connectivity index (χ1v) is 6.35. The molecule has 1 aliphatic rings. The number of carbonyl (C=O) groups is 1. The lowest BCUT2D eigenvalue weighted by molar-refractivity contribution is 0.0588. The van der Waals surface area contributed by atoms with Crippen LogP contribution in [0.1, 0.15) is 37.0 Å². The second-order valence-electron chi connectivity index (χ2n) is 5.05. The lowest BCUT2D eigenvalue weighted by Gasteiger charge is -2.36. The highest BCUT2D eigenvalue weighted by atomic mass is 16.2. The zero-order valence-electron chi connectivity index (χ0n) is 10.9. The van der Waals surface area contributed by atoms with Crippen LogP contribution in [0.15, 0.2) is 18.3 Å². The maximum absolute atomic E-state index is 12.4. The first-order chi connectivity index (χ1) is 8.61. The number of anilines is 1. The Morgan fingerprint density at radius 2 is 2.28 bits per heavy atom. The Bertz CT molecular complexity index is 418. The number of amides is 1. The number of pyridine rings is 1. The summed E-state index contributed by atoms with van der Waals surface area (Å²) in [5.41, 5.74) is 3.07. The van der Waals surface area contributed by atoms with Crippen molar-refractivity contribution in [3.8, 4) is 0 Å². The number of nitrogen functional groups attached to an aromatic ring is 1. The summed E-state index contributed by atoms with van der Waals surface area (Å²) >= 11 is 0. The molecule has 1 saturated heterocycles. The summed E-state index contributed by atoms with van der Waals surface area (Å²) in [5, 5.41) is 0. The Balaban J connectivity index is 2.10. The number of nitrogens with one attached hydrogen (secondary N) is 1. The molecular formula is C13H20N4O. The monoisotopic (exact) mass is 248 g/mol. The summed E-state index contributed by atoms with van der Waals surface area (Å²) in [6.07, 6.45) is 3.72. The van der Waals surface area contributed by atoms with Crippen LogP contribution < -0.4 is 11.3 Å². The number of hydrogen-bond donors (Lipinski definition) is 2. The molecule has 0 spiro atoms. The number of hydrogen-bond acceptors (Lipinski definition) is 4. The van der Waals surface area contributed by atoms with Crippen LogP contribution in [0.4, 0.5) is 5.82 Å². The Labute approximate surface area is 107 Å². The highest BCUT2D eigenvalue weighted by Crippen LogP contribution is 2.23. The molecule has 1 aliphatic heterocycles. The van der Waals surface area contributed by atoms with E-state index in [-0.39, 0.29) is 5.91 Å². The van der Waals surface area contributed by atoms with Gasteiger partial charge < -0.3 is 10.3 Å². The second-order valence-corrected chi connectivity index (χ2v) is 5.05. The van der Waals surface area contributed by atoms with Crippen LogP contribution in [0.5, 0.6) is 0 Å². The smallest absolute Gasteiger partial charge is 0.255 e. The largest absolute Gasteiger partial charge is 0.336 e. The molecule has 98 valence electrons. The Morgan fingerprint density at radius 1 is 1.50 bits per heavy atom. The molecule has 0 radical (unpaired) electrons. The average Bonchev–Trinajstić information content (AvgIpc) is 2.38. The van der Waals surface area contributed by atoms with E-state index in [0.29, 0.717) is 23.3 Å². The number of hydrazine groups is 1. The van der Waals surface area contributed by atoms with E-state index in [1.165, 1.54) is 0 Å². The molecule has 1 aromatic heterocycles. The minimum Gasteiger partial charge on any atom is -0.336 e. The quantitative estimate of drug-likeness (QED) is 0.616. The molecule has 5 heteroatoms. The van der Waals surface area contributed by atoms with Crippen molar-refractivity contribution in [2.45, 2.75) is 32.7 Å². The van der Waals surface area contributed by atoms with Crippen molar-refractivity contribution in [2.24, 2.45) is 11.8 Å². The van der Waals surface area contributed by atoms with Gasteiger partial charge in [-0.1, -0.05) is 6.92 Å². The van der Waals surface area contributed by atoms with Crippen LogP contribution >= 0.6 is 0 Å². The lowest BCUT2D eigenvalue weighted by Crippen LogP contribution is -2.44. The van der Waals surface area contributed by atoms with Gasteiger partial charge in [-0.25, -0.2) is 10.8 Å². The van der Waals surface area contributed by atoms with E-state index in [9.17, 15) is 4.79 Å². The van der Waals surface area contributed by atoms with Crippen molar-refractivity contribution in [3.05, 3.63) is 23.9 Å². The van der Waals surface area contributed by atoms with Gasteiger partial charge in [-0.3, -0.25) is 4.79 Å². The normalized spacial score (nSPS) is 23.8. The van der Waals surface area contributed by atoms with Crippen molar-refractivity contribution in [1.29, 1.82) is 0 Å². The summed E-state index contributed by atoms with van der Waals surface area (Å²) < 4.78 is 0. The molecular weight excluding hydrogens is 228 g/mol. The van der Waals surface area contributed by atoms with E-state index < -0.39 is 0 Å². The van der Waals surface area contributed by atoms with Crippen molar-refractivity contribution in [2.75, 3.05) is 12.0 Å². The molecule has 0 aromatic carbocycles. The van der Waals surface area contributed by atoms with Crippen LogP contribution in [0.25, 0.3) is 0 Å². The molecule has 0 bridgehead atoms. The molecule has 1 fully saturated rings. The number of aromatic nitrogens is 1. The first-order valence-electron chi connectivity index (χ1n) is 6.35. The van der Waals surface area contributed by atoms with Gasteiger partial charge in [0.15, 0.2) is 0 Å². The lowest BCUT2D eigenvalue weighted by atomic mass is 9.93. The Kier molecular flexibility index (Phi) is 3.81. The minimum absolute atomic E-state index is 0.0606. The van der Waals surface area contributed by atoms with Crippen molar-refractivity contribution in [1.82, 2.24) is 9.88 Å². The predicted molar refractivity (Wildman–Crippen MR) is 70.9 cm³/mol. The third kappa shape index (κ3) is 2.61. The SMILES string of the molecule is CC1CCN(C(=O)c2ccc(NN)nc2)C(C)C1. The van der Waals surface area contributed by atoms with Crippen molar-refractivity contribution < 1.29 is 4.79 Å². The number of carbonyl (C=O) groups excluding carboxylic acids is 1. The van der Waals surface area contributed by atoms with Gasteiger partial charge in [0, 0.05) is 18.8 Å². The van der Waals surface area contributed by atoms with Gasteiger partial charge >= 0.3 is 0 Å². The zero-order valence-corrected chi connectivity index (χ0v) is 10.9. The highest BCUT2D eigenvalue weighted by molar-refractivity contribution is 5.94. The number of nitrogens with zero attached hydrogens (tertiary/aromatic N) is 2. The minimum atomic E-state index is 0.0606. The van der Waals surface area contributed by atoms with E-state index in [1.807, 2.05) is 4.90 Å². The molecule has 2 atom stereocenters. The summed E-state index contributed by atoms with van der Waals surface area (Å²) in [5.74, 6) is 6.57. The second kappa shape index (κ2) is 5.35. The van der Waals surface area contributed by atoms with Gasteiger partial charge in [-0.2, -0.15) is 0 Å². The van der Waals surface area contributed by atoms with Gasteiger partial charge in [-0.05, 0) is 37.8 Å². The van der Waals surface area contributed by atoms with Crippen molar-refractivity contribution >= 4 is 11.7 Å². The van der Waals surface area contributed by atoms with Gasteiger partial charge in [0.1, 0.15) is 5.82 Å². The van der Waals surface area contributed by atoms with Gasteiger partial charge in [-0.15, -0.1) is 0 Å². The maximum atomic E-state index is 12.4. The van der Waals surface area contributed by atoms with Gasteiger partial charge in [0.2, 0.25) is 0 Å². The predicted octanol–water partition coefficient (Wildman–Crippen LogP) is 1.63. The average molecular weight is 248 g/mol. The molecule has 18 heavy (non-hydrogen) atoms. The number of rotatable bonds is 2. The number of piperidine rings is 1. The van der Waals surface area contributed by atoms with E-state index in [4.69, 9.17) is 5.84 Å². The molecule has 2 unspecified atom stereocenters. The number of nitrogens with two attached hydrogens (primary N) is 1. The molecule has 2 rings (SSSR count). The summed E-state index contributed by atoms with van der Waals surface area (Å²) in [6.45, 7) is 5.18. The molecule has 0 aliphatic carbocycles. The van der Waals surface area contributed by atoms with E-state index in [2.05, 4.69) is 24.3 Å². The molecule has 1 amide bonds. The van der Waals surface area contributed by atoms with E-state index in [0.717, 1.165) is 19.4 Å². The fourth-order valence-corrected chi connectivity index (χ4v) is 2.48. The van der Waals surface area contributed by atoms with Crippen LogP contribution in [0, 0.1) is 5.92 Å². The molecule has 3 N–H and O–H groups in total. The third-order valence-corrected chi connectivity index (χ3v) is 3.56. The molecule has 0 saturated carbocycles. The zero-order chi connectivity index (χ0) is 13.1. The van der Waals surface area contributed by atoms with E-state index >= 15 is 0 Å². The van der Waals surface area contributed by atoms with Crippen LogP contribution in [0.3, 0.4) is 0 Å². The molecule has 1 aromatic rings. The van der Waals surface area contributed by atoms with Crippen molar-refractivity contribution in [3.63, 3.8) is 0 Å². The standard InChI is InChI=1S/C13H20N4O/c1-9-5-6-17(10(2)7-9)13(18)11-3-4-12(16-14)15-8-11/h3-4,8-10H,5-7,14H2,1-2H3,(H,15,16). The van der Waals surface area contributed by atoms with E-state index in [1.54, 1.807) is 18.3 Å². The van der Waals surface area contributed by atoms with Crippen LogP contribution in [0.2, 0.25) is 0 Å². The fourth-order valence-electron chi connectivity index (χ4n) is 2.48. The summed E-state index contributed by atoms with van der Waals surface area (Å²) in [4.78, 5) is 18.4. The summed E-state index contributed by atoms with van der Waals surface area (Å²) in [7, 11) is 0. The van der Waals surface area contributed by atoms with Crippen LogP contribution in [-0.2, 0) is 0 Å². The topological polar surface area (TPSA) is 71.2 Å². The first kappa shape index (κ1) is 12.8. The maximum Gasteiger partial charge on any atom is 0.255 e. The van der Waals surface area contributed by atoms with Crippen LogP contribution in [-0.4, -0.2) is 28.4 Å². The molecule has 2 heterocycles. The highest BCUT2D eigenvalue weighted by Gasteiger charge is 2.27. The fraction of sp³-hybridized carbons (Fsp3) is 0.538. The third-order valence-electron chi connectivity index (χ3n) is 3.56. The van der Waals surface area contributed by atoms with Gasteiger partial charge in [0.25, 0.3) is 5.91 Å². The summed E-state index contributed by atoms with van der Waals surface area (Å²) in [6, 6.07) is 3.77. The Hall–Kier alpha value is -1.62. The number of likely N-dealkylation sites (tertiary alicyclic amines) is 1. The molecule has 5 nitrogen and oxygen atoms in total. The van der Waals surface area contributed by atoms with Gasteiger partial charge in [0.05, 0.1) is 5.56 Å². The Morgan fingerprint density at radius 3 is 2.83 bits per heavy atom.